The molecule has 0 atom stereocenters. The number of nitriles is 1. The van der Waals surface area contributed by atoms with Gasteiger partial charge in [-0.15, -0.1) is 0 Å². The fourth-order valence-corrected chi connectivity index (χ4v) is 2.40. The summed E-state index contributed by atoms with van der Waals surface area (Å²) in [5.74, 6) is -0.591. The van der Waals surface area contributed by atoms with Crippen LogP contribution in [0, 0.1) is 35.3 Å². The number of benzene rings is 2. The average molecular weight is 356 g/mol. The van der Waals surface area contributed by atoms with Gasteiger partial charge in [-0.05, 0) is 43.2 Å². The Morgan fingerprint density at radius 1 is 1.28 bits per heavy atom. The Hall–Kier alpha value is -3.17. The predicted octanol–water partition coefficient (Wildman–Crippen LogP) is 4.41. The zero-order chi connectivity index (χ0) is 18.6. The van der Waals surface area contributed by atoms with Gasteiger partial charge in [0.2, 0.25) is 0 Å². The number of amides is 1. The van der Waals surface area contributed by atoms with Crippen molar-refractivity contribution < 1.29 is 9.72 Å². The van der Waals surface area contributed by atoms with Crippen molar-refractivity contribution in [1.29, 1.82) is 5.26 Å². The Morgan fingerprint density at radius 3 is 2.60 bits per heavy atom. The Bertz CT molecular complexity index is 930. The van der Waals surface area contributed by atoms with Crippen molar-refractivity contribution in [3.05, 3.63) is 73.8 Å². The fourth-order valence-electron chi connectivity index (χ4n) is 2.22. The highest BCUT2D eigenvalue weighted by Gasteiger charge is 2.15. The minimum Gasteiger partial charge on any atom is -0.321 e. The number of rotatable bonds is 4. The van der Waals surface area contributed by atoms with Crippen LogP contribution in [0.4, 0.5) is 11.4 Å². The lowest BCUT2D eigenvalue weighted by molar-refractivity contribution is -0.384. The molecular formula is C18H14ClN3O3. The lowest BCUT2D eigenvalue weighted by Crippen LogP contribution is -2.14. The molecule has 1 amide bonds. The van der Waals surface area contributed by atoms with E-state index < -0.39 is 10.8 Å². The maximum absolute atomic E-state index is 12.3. The van der Waals surface area contributed by atoms with Crippen molar-refractivity contribution in [1.82, 2.24) is 0 Å². The van der Waals surface area contributed by atoms with Crippen LogP contribution >= 0.6 is 11.6 Å². The maximum atomic E-state index is 12.3. The second-order valence-corrected chi connectivity index (χ2v) is 5.82. The third-order valence-corrected chi connectivity index (χ3v) is 3.79. The van der Waals surface area contributed by atoms with Crippen molar-refractivity contribution in [3.8, 4) is 6.07 Å². The van der Waals surface area contributed by atoms with Crippen LogP contribution in [0.1, 0.15) is 16.7 Å². The summed E-state index contributed by atoms with van der Waals surface area (Å²) in [6, 6.07) is 11.4. The van der Waals surface area contributed by atoms with Gasteiger partial charge in [0.05, 0.1) is 4.92 Å². The lowest BCUT2D eigenvalue weighted by atomic mass is 10.1. The molecule has 0 aromatic heterocycles. The van der Waals surface area contributed by atoms with E-state index in [0.29, 0.717) is 11.3 Å². The molecule has 0 aliphatic rings. The minimum atomic E-state index is -0.624. The summed E-state index contributed by atoms with van der Waals surface area (Å²) in [4.78, 5) is 22.6. The molecule has 0 bridgehead atoms. The van der Waals surface area contributed by atoms with Gasteiger partial charge in [0, 0.05) is 11.8 Å². The van der Waals surface area contributed by atoms with E-state index in [2.05, 4.69) is 5.32 Å². The van der Waals surface area contributed by atoms with E-state index in [4.69, 9.17) is 11.6 Å². The SMILES string of the molecule is Cc1ccc(NC(=O)/C(C#N)=C/c2ccc(Cl)c([N+](=O)[O-])c2)c(C)c1. The van der Waals surface area contributed by atoms with Gasteiger partial charge in [-0.3, -0.25) is 14.9 Å². The van der Waals surface area contributed by atoms with Gasteiger partial charge in [-0.25, -0.2) is 0 Å². The van der Waals surface area contributed by atoms with E-state index in [0.717, 1.165) is 11.1 Å². The normalized spacial score (nSPS) is 10.9. The van der Waals surface area contributed by atoms with Crippen LogP contribution in [0.5, 0.6) is 0 Å². The van der Waals surface area contributed by atoms with Gasteiger partial charge in [-0.2, -0.15) is 5.26 Å². The van der Waals surface area contributed by atoms with Crippen LogP contribution in [-0.2, 0) is 4.79 Å². The molecule has 2 rings (SSSR count). The molecule has 126 valence electrons. The molecule has 2 aromatic carbocycles. The number of nitro groups is 1. The first-order chi connectivity index (χ1) is 11.8. The highest BCUT2D eigenvalue weighted by Crippen LogP contribution is 2.26. The van der Waals surface area contributed by atoms with Crippen molar-refractivity contribution in [2.24, 2.45) is 0 Å². The van der Waals surface area contributed by atoms with Gasteiger partial charge < -0.3 is 5.32 Å². The third kappa shape index (κ3) is 4.43. The van der Waals surface area contributed by atoms with Crippen molar-refractivity contribution in [2.45, 2.75) is 13.8 Å². The Labute approximate surface area is 149 Å². The summed E-state index contributed by atoms with van der Waals surface area (Å²) < 4.78 is 0. The van der Waals surface area contributed by atoms with Gasteiger partial charge in [-0.1, -0.05) is 35.4 Å². The minimum absolute atomic E-state index is 0.0135. The smallest absolute Gasteiger partial charge is 0.288 e. The Kier molecular flexibility index (Phi) is 5.52. The first-order valence-electron chi connectivity index (χ1n) is 7.26. The summed E-state index contributed by atoms with van der Waals surface area (Å²) >= 11 is 5.76. The monoisotopic (exact) mass is 355 g/mol. The van der Waals surface area contributed by atoms with E-state index >= 15 is 0 Å². The number of aryl methyl sites for hydroxylation is 2. The number of anilines is 1. The molecule has 0 unspecified atom stereocenters. The standard InChI is InChI=1S/C18H14ClN3O3/c1-11-3-6-16(12(2)7-11)21-18(23)14(10-20)8-13-4-5-15(19)17(9-13)22(24)25/h3-9H,1-2H3,(H,21,23)/b14-8+. The largest absolute Gasteiger partial charge is 0.321 e. The van der Waals surface area contributed by atoms with E-state index in [1.54, 1.807) is 6.07 Å². The number of carbonyl (C=O) groups is 1. The average Bonchev–Trinajstić information content (AvgIpc) is 2.56. The molecule has 1 N–H and O–H groups in total. The molecule has 0 spiro atoms. The Morgan fingerprint density at radius 2 is 2.00 bits per heavy atom. The van der Waals surface area contributed by atoms with Gasteiger partial charge >= 0.3 is 0 Å². The zero-order valence-corrected chi connectivity index (χ0v) is 14.3. The molecule has 0 saturated heterocycles. The molecule has 0 aliphatic carbocycles. The molecule has 2 aromatic rings. The highest BCUT2D eigenvalue weighted by atomic mass is 35.5. The topological polar surface area (TPSA) is 96.0 Å². The van der Waals surface area contributed by atoms with Crippen LogP contribution in [0.15, 0.2) is 42.0 Å². The van der Waals surface area contributed by atoms with E-state index in [9.17, 15) is 20.2 Å². The summed E-state index contributed by atoms with van der Waals surface area (Å²) in [7, 11) is 0. The molecule has 0 fully saturated rings. The van der Waals surface area contributed by atoms with Crippen LogP contribution in [0.2, 0.25) is 5.02 Å². The second-order valence-electron chi connectivity index (χ2n) is 5.41. The van der Waals surface area contributed by atoms with Crippen molar-refractivity contribution in [3.63, 3.8) is 0 Å². The number of halogens is 1. The molecule has 0 saturated carbocycles. The fraction of sp³-hybridized carbons (Fsp3) is 0.111. The first kappa shape index (κ1) is 18.2. The number of hydrogen-bond acceptors (Lipinski definition) is 4. The summed E-state index contributed by atoms with van der Waals surface area (Å²) in [5, 5.41) is 22.8. The highest BCUT2D eigenvalue weighted by molar-refractivity contribution is 6.32. The van der Waals surface area contributed by atoms with Crippen LogP contribution in [0.25, 0.3) is 6.08 Å². The number of carbonyl (C=O) groups excluding carboxylic acids is 1. The van der Waals surface area contributed by atoms with Crippen molar-refractivity contribution in [2.75, 3.05) is 5.32 Å². The van der Waals surface area contributed by atoms with Gasteiger partial charge in [0.15, 0.2) is 0 Å². The molecule has 7 heteroatoms. The third-order valence-electron chi connectivity index (χ3n) is 3.47. The van der Waals surface area contributed by atoms with E-state index in [1.807, 2.05) is 32.0 Å². The molecular weight excluding hydrogens is 342 g/mol. The maximum Gasteiger partial charge on any atom is 0.288 e. The summed E-state index contributed by atoms with van der Waals surface area (Å²) in [5.41, 5.74) is 2.40. The van der Waals surface area contributed by atoms with Gasteiger partial charge in [0.1, 0.15) is 16.7 Å². The Balaban J connectivity index is 2.31. The number of nitrogens with one attached hydrogen (secondary N) is 1. The quantitative estimate of drug-likeness (QED) is 0.380. The van der Waals surface area contributed by atoms with E-state index in [-0.39, 0.29) is 16.3 Å². The molecule has 0 radical (unpaired) electrons. The first-order valence-corrected chi connectivity index (χ1v) is 7.64. The molecule has 0 heterocycles. The van der Waals surface area contributed by atoms with Crippen molar-refractivity contribution >= 4 is 35.0 Å². The molecule has 25 heavy (non-hydrogen) atoms. The van der Waals surface area contributed by atoms with Crippen LogP contribution < -0.4 is 5.32 Å². The predicted molar refractivity (Wildman–Crippen MR) is 96.2 cm³/mol. The van der Waals surface area contributed by atoms with Gasteiger partial charge in [0.25, 0.3) is 11.6 Å². The zero-order valence-electron chi connectivity index (χ0n) is 13.5. The van der Waals surface area contributed by atoms with Crippen LogP contribution in [0.3, 0.4) is 0 Å². The summed E-state index contributed by atoms with van der Waals surface area (Å²) in [6.07, 6.45) is 1.28. The number of nitrogens with zero attached hydrogens (tertiary/aromatic N) is 2. The molecule has 6 nitrogen and oxygen atoms in total. The second kappa shape index (κ2) is 7.60. The summed E-state index contributed by atoms with van der Waals surface area (Å²) in [6.45, 7) is 3.79. The lowest BCUT2D eigenvalue weighted by Gasteiger charge is -2.08. The van der Waals surface area contributed by atoms with Crippen LogP contribution in [-0.4, -0.2) is 10.8 Å². The van der Waals surface area contributed by atoms with E-state index in [1.165, 1.54) is 24.3 Å². The molecule has 0 aliphatic heterocycles. The number of hydrogen-bond donors (Lipinski definition) is 1. The number of nitro benzene ring substituents is 1.